The molecule has 8 heteroatoms. The number of carbonyl (C=O) groups excluding carboxylic acids is 3. The summed E-state index contributed by atoms with van der Waals surface area (Å²) in [6.07, 6.45) is 0.651. The van der Waals surface area contributed by atoms with Crippen molar-refractivity contribution in [2.45, 2.75) is 39.7 Å². The van der Waals surface area contributed by atoms with Crippen molar-refractivity contribution in [1.82, 2.24) is 9.80 Å². The molecule has 160 valence electrons. The van der Waals surface area contributed by atoms with Gasteiger partial charge in [-0.05, 0) is 51.3 Å². The van der Waals surface area contributed by atoms with Gasteiger partial charge in [-0.15, -0.1) is 0 Å². The molecule has 0 radical (unpaired) electrons. The van der Waals surface area contributed by atoms with E-state index in [2.05, 4.69) is 0 Å². The molecule has 0 aliphatic carbocycles. The number of hydrogen-bond donors (Lipinski definition) is 0. The van der Waals surface area contributed by atoms with Crippen molar-refractivity contribution in [3.05, 3.63) is 28.8 Å². The second-order valence-corrected chi connectivity index (χ2v) is 7.73. The number of benzene rings is 1. The molecule has 0 N–H and O–H groups in total. The van der Waals surface area contributed by atoms with Crippen LogP contribution in [0.3, 0.4) is 0 Å². The average Bonchev–Trinajstić information content (AvgIpc) is 2.70. The Balaban J connectivity index is 1.91. The molecule has 2 rings (SSSR count). The fourth-order valence-electron chi connectivity index (χ4n) is 3.29. The van der Waals surface area contributed by atoms with E-state index < -0.39 is 6.10 Å². The van der Waals surface area contributed by atoms with Crippen LogP contribution in [0.1, 0.15) is 32.3 Å². The van der Waals surface area contributed by atoms with Crippen LogP contribution in [0.15, 0.2) is 18.2 Å². The third-order valence-corrected chi connectivity index (χ3v) is 5.19. The number of likely N-dealkylation sites (N-methyl/N-ethyl adjacent to an activating group) is 1. The topological polar surface area (TPSA) is 76.2 Å². The van der Waals surface area contributed by atoms with Crippen LogP contribution in [0, 0.1) is 12.8 Å². The minimum Gasteiger partial charge on any atom is -0.479 e. The van der Waals surface area contributed by atoms with E-state index in [1.807, 2.05) is 13.0 Å². The summed E-state index contributed by atoms with van der Waals surface area (Å²) >= 11 is 6.12. The van der Waals surface area contributed by atoms with Crippen LogP contribution in [0.5, 0.6) is 5.75 Å². The lowest BCUT2D eigenvalue weighted by atomic mass is 9.98. The molecule has 1 heterocycles. The number of esters is 1. The average molecular weight is 425 g/mol. The van der Waals surface area contributed by atoms with Crippen molar-refractivity contribution in [2.24, 2.45) is 5.92 Å². The van der Waals surface area contributed by atoms with Gasteiger partial charge in [0.25, 0.3) is 5.91 Å². The van der Waals surface area contributed by atoms with Gasteiger partial charge >= 0.3 is 5.97 Å². The second-order valence-electron chi connectivity index (χ2n) is 7.32. The Kier molecular flexibility index (Phi) is 8.32. The molecule has 1 aliphatic heterocycles. The molecule has 0 spiro atoms. The summed E-state index contributed by atoms with van der Waals surface area (Å²) in [5.74, 6) is -0.670. The number of aryl methyl sites for hydroxylation is 1. The smallest absolute Gasteiger partial charge is 0.310 e. The van der Waals surface area contributed by atoms with Crippen LogP contribution in [0.4, 0.5) is 0 Å². The summed E-state index contributed by atoms with van der Waals surface area (Å²) in [5, 5.41) is 0.423. The van der Waals surface area contributed by atoms with Crippen LogP contribution in [-0.4, -0.2) is 67.0 Å². The van der Waals surface area contributed by atoms with Gasteiger partial charge in [-0.2, -0.15) is 0 Å². The van der Waals surface area contributed by atoms with Crippen LogP contribution in [0.2, 0.25) is 5.02 Å². The van der Waals surface area contributed by atoms with E-state index in [9.17, 15) is 14.4 Å². The highest BCUT2D eigenvalue weighted by Gasteiger charge is 2.31. The molecule has 0 saturated carbocycles. The van der Waals surface area contributed by atoms with E-state index in [4.69, 9.17) is 21.1 Å². The van der Waals surface area contributed by atoms with E-state index in [0.29, 0.717) is 36.9 Å². The Hall–Kier alpha value is -2.28. The molecule has 1 aromatic rings. The van der Waals surface area contributed by atoms with E-state index in [0.717, 1.165) is 12.0 Å². The maximum absolute atomic E-state index is 12.6. The van der Waals surface area contributed by atoms with Gasteiger partial charge in [-0.3, -0.25) is 14.4 Å². The summed E-state index contributed by atoms with van der Waals surface area (Å²) in [4.78, 5) is 40.2. The Labute approximate surface area is 176 Å². The molecule has 0 bridgehead atoms. The van der Waals surface area contributed by atoms with Crippen LogP contribution >= 0.6 is 11.6 Å². The quantitative estimate of drug-likeness (QED) is 0.629. The lowest BCUT2D eigenvalue weighted by Gasteiger charge is -2.33. The number of halogens is 1. The van der Waals surface area contributed by atoms with E-state index in [1.54, 1.807) is 37.9 Å². The fourth-order valence-corrected chi connectivity index (χ4v) is 3.45. The molecule has 2 unspecified atom stereocenters. The Morgan fingerprint density at radius 2 is 2.07 bits per heavy atom. The standard InChI is InChI=1S/C21H29ClN2O5/c1-5-28-21(27)16-7-6-10-24(12-16)19(25)13-23(4)20(26)15(3)29-18-11-14(2)8-9-17(18)22/h8-9,11,15-16H,5-7,10,12-13H2,1-4H3. The maximum atomic E-state index is 12.6. The lowest BCUT2D eigenvalue weighted by Crippen LogP contribution is -2.48. The highest BCUT2D eigenvalue weighted by molar-refractivity contribution is 6.32. The zero-order valence-corrected chi connectivity index (χ0v) is 18.2. The molecule has 1 aromatic carbocycles. The number of carbonyl (C=O) groups is 3. The van der Waals surface area contributed by atoms with Crippen molar-refractivity contribution in [3.8, 4) is 5.75 Å². The predicted molar refractivity (Wildman–Crippen MR) is 110 cm³/mol. The minimum absolute atomic E-state index is 0.0797. The number of amides is 2. The Bertz CT molecular complexity index is 755. The number of nitrogens with zero attached hydrogens (tertiary/aromatic N) is 2. The Morgan fingerprint density at radius 1 is 1.34 bits per heavy atom. The monoisotopic (exact) mass is 424 g/mol. The van der Waals surface area contributed by atoms with E-state index in [1.165, 1.54) is 4.90 Å². The lowest BCUT2D eigenvalue weighted by molar-refractivity contribution is -0.152. The van der Waals surface area contributed by atoms with Gasteiger partial charge in [0, 0.05) is 20.1 Å². The Morgan fingerprint density at radius 3 is 2.76 bits per heavy atom. The molecule has 2 atom stereocenters. The molecular weight excluding hydrogens is 396 g/mol. The van der Waals surface area contributed by atoms with E-state index in [-0.39, 0.29) is 30.2 Å². The molecule has 0 aromatic heterocycles. The third-order valence-electron chi connectivity index (χ3n) is 4.88. The van der Waals surface area contributed by atoms with Crippen LogP contribution < -0.4 is 4.74 Å². The zero-order chi connectivity index (χ0) is 21.6. The number of ether oxygens (including phenoxy) is 2. The first-order valence-corrected chi connectivity index (χ1v) is 10.2. The molecule has 1 aliphatic rings. The largest absolute Gasteiger partial charge is 0.479 e. The van der Waals surface area contributed by atoms with Gasteiger partial charge in [-0.1, -0.05) is 17.7 Å². The molecule has 1 fully saturated rings. The second kappa shape index (κ2) is 10.5. The molecule has 2 amide bonds. The van der Waals surface area contributed by atoms with Crippen molar-refractivity contribution in [1.29, 1.82) is 0 Å². The summed E-state index contributed by atoms with van der Waals surface area (Å²) in [6, 6.07) is 5.34. The van der Waals surface area contributed by atoms with Crippen molar-refractivity contribution in [2.75, 3.05) is 33.3 Å². The maximum Gasteiger partial charge on any atom is 0.310 e. The van der Waals surface area contributed by atoms with Gasteiger partial charge in [0.2, 0.25) is 5.91 Å². The molecule has 29 heavy (non-hydrogen) atoms. The number of piperidine rings is 1. The van der Waals surface area contributed by atoms with Crippen molar-refractivity contribution >= 4 is 29.4 Å². The summed E-state index contributed by atoms with van der Waals surface area (Å²) in [7, 11) is 1.56. The summed E-state index contributed by atoms with van der Waals surface area (Å²) < 4.78 is 10.8. The molecular formula is C21H29ClN2O5. The summed E-state index contributed by atoms with van der Waals surface area (Å²) in [5.41, 5.74) is 0.967. The SMILES string of the molecule is CCOC(=O)C1CCCN(C(=O)CN(C)C(=O)C(C)Oc2cc(C)ccc2Cl)C1. The minimum atomic E-state index is -0.791. The number of rotatable bonds is 7. The van der Waals surface area contributed by atoms with E-state index >= 15 is 0 Å². The highest BCUT2D eigenvalue weighted by atomic mass is 35.5. The number of hydrogen-bond acceptors (Lipinski definition) is 5. The first-order chi connectivity index (χ1) is 13.7. The van der Waals surface area contributed by atoms with Crippen LogP contribution in [0.25, 0.3) is 0 Å². The zero-order valence-electron chi connectivity index (χ0n) is 17.4. The van der Waals surface area contributed by atoms with Gasteiger partial charge in [0.15, 0.2) is 6.10 Å². The fraction of sp³-hybridized carbons (Fsp3) is 0.571. The normalized spacial score (nSPS) is 17.4. The first kappa shape index (κ1) is 23.0. The van der Waals surface area contributed by atoms with Gasteiger partial charge in [0.1, 0.15) is 5.75 Å². The third kappa shape index (κ3) is 6.35. The predicted octanol–water partition coefficient (Wildman–Crippen LogP) is 2.68. The molecule has 1 saturated heterocycles. The van der Waals surface area contributed by atoms with Gasteiger partial charge in [0.05, 0.1) is 24.1 Å². The number of likely N-dealkylation sites (tertiary alicyclic amines) is 1. The van der Waals surface area contributed by atoms with Crippen molar-refractivity contribution in [3.63, 3.8) is 0 Å². The van der Waals surface area contributed by atoms with Gasteiger partial charge in [-0.25, -0.2) is 0 Å². The first-order valence-electron chi connectivity index (χ1n) is 9.85. The summed E-state index contributed by atoms with van der Waals surface area (Å²) in [6.45, 7) is 6.43. The van der Waals surface area contributed by atoms with Crippen LogP contribution in [-0.2, 0) is 19.1 Å². The highest BCUT2D eigenvalue weighted by Crippen LogP contribution is 2.26. The molecule has 7 nitrogen and oxygen atoms in total. The van der Waals surface area contributed by atoms with Crippen molar-refractivity contribution < 1.29 is 23.9 Å². The van der Waals surface area contributed by atoms with Gasteiger partial charge < -0.3 is 19.3 Å².